The molecule has 146 valence electrons. The monoisotopic (exact) mass is 382 g/mol. The molecule has 5 nitrogen and oxygen atoms in total. The summed E-state index contributed by atoms with van der Waals surface area (Å²) in [6, 6.07) is 16.7. The minimum atomic E-state index is -5.08. The summed E-state index contributed by atoms with van der Waals surface area (Å²) < 4.78 is 37.5. The Morgan fingerprint density at radius 1 is 1.15 bits per heavy atom. The number of halogens is 3. The number of aliphatic carboxylic acids is 1. The van der Waals surface area contributed by atoms with Gasteiger partial charge in [-0.1, -0.05) is 42.5 Å². The van der Waals surface area contributed by atoms with Crippen LogP contribution >= 0.6 is 0 Å². The first kappa shape index (κ1) is 20.7. The second-order valence-corrected chi connectivity index (χ2v) is 6.15. The number of carboxylic acid groups (broad SMARTS) is 1. The van der Waals surface area contributed by atoms with E-state index in [9.17, 15) is 13.2 Å². The highest BCUT2D eigenvalue weighted by molar-refractivity contribution is 5.73. The van der Waals surface area contributed by atoms with Gasteiger partial charge in [-0.25, -0.2) is 4.79 Å². The number of carboxylic acids is 1. The highest BCUT2D eigenvalue weighted by atomic mass is 19.4. The zero-order valence-electron chi connectivity index (χ0n) is 14.4. The lowest BCUT2D eigenvalue weighted by Crippen LogP contribution is -2.39. The zero-order valence-corrected chi connectivity index (χ0v) is 14.4. The Bertz CT molecular complexity index is 767. The van der Waals surface area contributed by atoms with Crippen molar-refractivity contribution < 1.29 is 27.8 Å². The van der Waals surface area contributed by atoms with Crippen LogP contribution in [0.4, 0.5) is 13.2 Å². The molecule has 2 aromatic rings. The predicted octanol–water partition coefficient (Wildman–Crippen LogP) is 2.82. The van der Waals surface area contributed by atoms with Crippen molar-refractivity contribution in [3.05, 3.63) is 65.2 Å². The molecule has 0 aromatic heterocycles. The lowest BCUT2D eigenvalue weighted by Gasteiger charge is -2.32. The van der Waals surface area contributed by atoms with Crippen LogP contribution in [-0.2, 0) is 17.8 Å². The third-order valence-corrected chi connectivity index (χ3v) is 4.20. The van der Waals surface area contributed by atoms with E-state index in [0.29, 0.717) is 13.2 Å². The van der Waals surface area contributed by atoms with Gasteiger partial charge in [0.25, 0.3) is 0 Å². The predicted molar refractivity (Wildman–Crippen MR) is 94.4 cm³/mol. The standard InChI is InChI=1S/C17H20N2O.C2HF3O2/c18-10-13-6-7-17-15(9-13)14(16(19)11-20-17)8-12-4-2-1-3-5-12;3-2(4,5)1(6)7/h1-7,9,14,16H,8,10-11,18-19H2;(H,6,7). The van der Waals surface area contributed by atoms with Crippen LogP contribution in [0.3, 0.4) is 0 Å². The molecule has 0 fully saturated rings. The summed E-state index contributed by atoms with van der Waals surface area (Å²) in [5.74, 6) is -1.52. The molecule has 0 bridgehead atoms. The summed E-state index contributed by atoms with van der Waals surface area (Å²) in [6.45, 7) is 1.12. The van der Waals surface area contributed by atoms with Crippen LogP contribution in [0.5, 0.6) is 5.75 Å². The van der Waals surface area contributed by atoms with Crippen molar-refractivity contribution in [2.45, 2.75) is 31.1 Å². The van der Waals surface area contributed by atoms with Crippen LogP contribution in [0.25, 0.3) is 0 Å². The lowest BCUT2D eigenvalue weighted by molar-refractivity contribution is -0.192. The summed E-state index contributed by atoms with van der Waals surface area (Å²) >= 11 is 0. The number of hydrogen-bond donors (Lipinski definition) is 3. The molecule has 0 saturated carbocycles. The normalized spacial score (nSPS) is 18.6. The quantitative estimate of drug-likeness (QED) is 0.758. The molecule has 2 atom stereocenters. The Hall–Kier alpha value is -2.58. The summed E-state index contributed by atoms with van der Waals surface area (Å²) in [4.78, 5) is 8.90. The average molecular weight is 382 g/mol. The molecule has 1 heterocycles. The number of nitrogens with two attached hydrogens (primary N) is 2. The Labute approximate surface area is 154 Å². The first-order chi connectivity index (χ1) is 12.7. The molecule has 5 N–H and O–H groups in total. The largest absolute Gasteiger partial charge is 0.492 e. The van der Waals surface area contributed by atoms with E-state index in [0.717, 1.165) is 17.7 Å². The van der Waals surface area contributed by atoms with E-state index in [4.69, 9.17) is 26.1 Å². The van der Waals surface area contributed by atoms with Gasteiger partial charge in [0, 0.05) is 18.5 Å². The van der Waals surface area contributed by atoms with E-state index in [2.05, 4.69) is 30.3 Å². The van der Waals surface area contributed by atoms with Gasteiger partial charge >= 0.3 is 12.1 Å². The maximum absolute atomic E-state index is 10.6. The molecule has 1 aliphatic heterocycles. The molecule has 27 heavy (non-hydrogen) atoms. The Kier molecular flexibility index (Phi) is 6.81. The van der Waals surface area contributed by atoms with Gasteiger partial charge in [0.15, 0.2) is 0 Å². The number of carbonyl (C=O) groups is 1. The topological polar surface area (TPSA) is 98.6 Å². The van der Waals surface area contributed by atoms with E-state index < -0.39 is 12.1 Å². The van der Waals surface area contributed by atoms with Crippen molar-refractivity contribution in [2.24, 2.45) is 11.5 Å². The molecular formula is C19H21F3N2O3. The molecule has 0 aliphatic carbocycles. The van der Waals surface area contributed by atoms with Gasteiger partial charge in [0.2, 0.25) is 0 Å². The first-order valence-corrected chi connectivity index (χ1v) is 8.27. The van der Waals surface area contributed by atoms with E-state index in [1.54, 1.807) is 0 Å². The van der Waals surface area contributed by atoms with Crippen LogP contribution in [0.1, 0.15) is 22.6 Å². The molecule has 0 radical (unpaired) electrons. The minimum absolute atomic E-state index is 0.0238. The van der Waals surface area contributed by atoms with E-state index in [1.807, 2.05) is 18.2 Å². The van der Waals surface area contributed by atoms with Crippen LogP contribution < -0.4 is 16.2 Å². The second-order valence-electron chi connectivity index (χ2n) is 6.15. The molecule has 0 saturated heterocycles. The number of ether oxygens (including phenoxy) is 1. The van der Waals surface area contributed by atoms with E-state index in [-0.39, 0.29) is 12.0 Å². The van der Waals surface area contributed by atoms with Crippen molar-refractivity contribution in [3.63, 3.8) is 0 Å². The summed E-state index contributed by atoms with van der Waals surface area (Å²) in [6.07, 6.45) is -4.15. The van der Waals surface area contributed by atoms with Crippen molar-refractivity contribution >= 4 is 5.97 Å². The summed E-state index contributed by atoms with van der Waals surface area (Å²) in [7, 11) is 0. The molecule has 2 unspecified atom stereocenters. The number of benzene rings is 2. The highest BCUT2D eigenvalue weighted by Crippen LogP contribution is 2.36. The Morgan fingerprint density at radius 2 is 1.78 bits per heavy atom. The van der Waals surface area contributed by atoms with E-state index in [1.165, 1.54) is 11.1 Å². The van der Waals surface area contributed by atoms with Gasteiger partial charge in [-0.15, -0.1) is 0 Å². The average Bonchev–Trinajstić information content (AvgIpc) is 2.64. The van der Waals surface area contributed by atoms with Gasteiger partial charge in [-0.05, 0) is 29.2 Å². The molecule has 2 aromatic carbocycles. The van der Waals surface area contributed by atoms with Crippen molar-refractivity contribution in [1.82, 2.24) is 0 Å². The summed E-state index contributed by atoms with van der Waals surface area (Å²) in [5.41, 5.74) is 15.6. The molecule has 1 aliphatic rings. The van der Waals surface area contributed by atoms with Gasteiger partial charge in [0.05, 0.1) is 0 Å². The van der Waals surface area contributed by atoms with Crippen molar-refractivity contribution in [1.29, 1.82) is 0 Å². The second kappa shape index (κ2) is 8.88. The fourth-order valence-electron chi connectivity index (χ4n) is 2.81. The third-order valence-electron chi connectivity index (χ3n) is 4.20. The maximum Gasteiger partial charge on any atom is 0.490 e. The molecular weight excluding hydrogens is 361 g/mol. The highest BCUT2D eigenvalue weighted by Gasteiger charge is 2.38. The van der Waals surface area contributed by atoms with Gasteiger partial charge in [-0.2, -0.15) is 13.2 Å². The lowest BCUT2D eigenvalue weighted by atomic mass is 9.84. The minimum Gasteiger partial charge on any atom is -0.492 e. The van der Waals surface area contributed by atoms with Crippen molar-refractivity contribution in [2.75, 3.05) is 6.61 Å². The fraction of sp³-hybridized carbons (Fsp3) is 0.316. The molecule has 0 spiro atoms. The van der Waals surface area contributed by atoms with Crippen LogP contribution in [-0.4, -0.2) is 29.9 Å². The SMILES string of the molecule is NCc1ccc2c(c1)C(Cc1ccccc1)C(N)CO2.O=C(O)C(F)(F)F. The van der Waals surface area contributed by atoms with Crippen LogP contribution in [0.15, 0.2) is 48.5 Å². The first-order valence-electron chi connectivity index (χ1n) is 8.27. The van der Waals surface area contributed by atoms with E-state index >= 15 is 0 Å². The van der Waals surface area contributed by atoms with Gasteiger partial charge in [-0.3, -0.25) is 0 Å². The zero-order chi connectivity index (χ0) is 20.0. The fourth-order valence-corrected chi connectivity index (χ4v) is 2.81. The third kappa shape index (κ3) is 5.70. The Morgan fingerprint density at radius 3 is 2.33 bits per heavy atom. The summed E-state index contributed by atoms with van der Waals surface area (Å²) in [5, 5.41) is 7.12. The number of rotatable bonds is 3. The smallest absolute Gasteiger partial charge is 0.490 e. The number of hydrogen-bond acceptors (Lipinski definition) is 4. The van der Waals surface area contributed by atoms with Gasteiger partial charge < -0.3 is 21.3 Å². The van der Waals surface area contributed by atoms with Gasteiger partial charge in [0.1, 0.15) is 12.4 Å². The van der Waals surface area contributed by atoms with Crippen molar-refractivity contribution in [3.8, 4) is 5.75 Å². The maximum atomic E-state index is 10.6. The Balaban J connectivity index is 0.000000321. The molecule has 3 rings (SSSR count). The van der Waals surface area contributed by atoms with Crippen LogP contribution in [0, 0.1) is 0 Å². The number of alkyl halides is 3. The number of fused-ring (bicyclic) bond motifs is 1. The molecule has 0 amide bonds. The molecule has 8 heteroatoms. The van der Waals surface area contributed by atoms with Crippen LogP contribution in [0.2, 0.25) is 0 Å².